The molecular weight excluding hydrogens is 396 g/mol. The van der Waals surface area contributed by atoms with Crippen molar-refractivity contribution in [2.45, 2.75) is 62.8 Å². The van der Waals surface area contributed by atoms with E-state index in [1.165, 1.54) is 17.1 Å². The lowest BCUT2D eigenvalue weighted by molar-refractivity contribution is -0.126. The van der Waals surface area contributed by atoms with E-state index in [1.54, 1.807) is 32.3 Å². The van der Waals surface area contributed by atoms with Gasteiger partial charge in [0, 0.05) is 42.4 Å². The highest BCUT2D eigenvalue weighted by Crippen LogP contribution is 2.64. The Morgan fingerprint density at radius 2 is 1.80 bits per heavy atom. The van der Waals surface area contributed by atoms with Gasteiger partial charge in [-0.1, -0.05) is 6.07 Å². The van der Waals surface area contributed by atoms with Crippen molar-refractivity contribution in [3.8, 4) is 0 Å². The van der Waals surface area contributed by atoms with E-state index in [0.717, 1.165) is 60.3 Å². The molecule has 162 valence electrons. The predicted molar refractivity (Wildman–Crippen MR) is 117 cm³/mol. The lowest BCUT2D eigenvalue weighted by Crippen LogP contribution is -2.44. The van der Waals surface area contributed by atoms with Crippen molar-refractivity contribution < 1.29 is 13.2 Å². The third-order valence-corrected chi connectivity index (χ3v) is 9.79. The first-order chi connectivity index (χ1) is 14.0. The molecule has 6 rings (SSSR count). The fraction of sp³-hybridized carbons (Fsp3) is 0.625. The maximum absolute atomic E-state index is 13.6. The number of allylic oxidation sites excluding steroid dienone is 1. The zero-order chi connectivity index (χ0) is 21.5. The SMILES string of the molecule is CN(C)S(=O)(=O)c1ccc2c(c1)/C(=C/C(=O)C13CC4CC(C1)C(C4)C3)NC(C)(C)C2. The average Bonchev–Trinajstić information content (AvgIpc) is 3.07. The topological polar surface area (TPSA) is 66.5 Å². The quantitative estimate of drug-likeness (QED) is 0.744. The van der Waals surface area contributed by atoms with E-state index in [4.69, 9.17) is 0 Å². The van der Waals surface area contributed by atoms with E-state index in [2.05, 4.69) is 19.2 Å². The Bertz CT molecular complexity index is 1030. The molecule has 30 heavy (non-hydrogen) atoms. The number of carbonyl (C=O) groups excluding carboxylic acids is 1. The standard InChI is InChI=1S/C24H32N2O3S/c1-23(2)12-16-5-6-19(30(28,29)26(3)4)9-20(16)21(25-23)10-22(27)24-11-15-7-17(13-24)18(8-15)14-24/h5-6,9-10,15,17-18,25H,7-8,11-14H2,1-4H3/b21-10-. The molecule has 2 atom stereocenters. The largest absolute Gasteiger partial charge is 0.379 e. The van der Waals surface area contributed by atoms with Crippen LogP contribution in [-0.2, 0) is 21.2 Å². The Labute approximate surface area is 180 Å². The molecule has 0 saturated heterocycles. The van der Waals surface area contributed by atoms with Gasteiger partial charge in [-0.2, -0.15) is 0 Å². The summed E-state index contributed by atoms with van der Waals surface area (Å²) in [6.07, 6.45) is 8.34. The van der Waals surface area contributed by atoms with Gasteiger partial charge in [-0.05, 0) is 87.8 Å². The monoisotopic (exact) mass is 428 g/mol. The molecule has 4 saturated carbocycles. The van der Waals surface area contributed by atoms with E-state index < -0.39 is 10.0 Å². The smallest absolute Gasteiger partial charge is 0.242 e. The van der Waals surface area contributed by atoms with Gasteiger partial charge < -0.3 is 5.32 Å². The average molecular weight is 429 g/mol. The molecule has 0 aromatic heterocycles. The molecule has 0 spiro atoms. The predicted octanol–water partition coefficient (Wildman–Crippen LogP) is 3.60. The number of carbonyl (C=O) groups is 1. The highest BCUT2D eigenvalue weighted by atomic mass is 32.2. The van der Waals surface area contributed by atoms with Crippen LogP contribution in [0, 0.1) is 23.2 Å². The first-order valence-electron chi connectivity index (χ1n) is 11.1. The van der Waals surface area contributed by atoms with E-state index in [9.17, 15) is 13.2 Å². The van der Waals surface area contributed by atoms with Crippen molar-refractivity contribution in [2.75, 3.05) is 14.1 Å². The second-order valence-electron chi connectivity index (χ2n) is 11.0. The van der Waals surface area contributed by atoms with Crippen LogP contribution < -0.4 is 5.32 Å². The van der Waals surface area contributed by atoms with Crippen LogP contribution in [0.25, 0.3) is 5.70 Å². The summed E-state index contributed by atoms with van der Waals surface area (Å²) in [6.45, 7) is 4.25. The van der Waals surface area contributed by atoms with Crippen LogP contribution in [0.2, 0.25) is 0 Å². The summed E-state index contributed by atoms with van der Waals surface area (Å²) in [5.41, 5.74) is 2.34. The number of hydrogen-bond donors (Lipinski definition) is 1. The van der Waals surface area contributed by atoms with Gasteiger partial charge >= 0.3 is 0 Å². The molecule has 6 heteroatoms. The van der Waals surface area contributed by atoms with Crippen molar-refractivity contribution >= 4 is 21.5 Å². The summed E-state index contributed by atoms with van der Waals surface area (Å²) in [6, 6.07) is 5.33. The second-order valence-corrected chi connectivity index (χ2v) is 13.1. The molecule has 4 fully saturated rings. The number of hydrogen-bond acceptors (Lipinski definition) is 4. The number of sulfonamides is 1. The molecule has 4 bridgehead atoms. The van der Waals surface area contributed by atoms with Gasteiger partial charge in [0.05, 0.1) is 4.90 Å². The fourth-order valence-corrected chi connectivity index (χ4v) is 7.72. The molecule has 4 aliphatic carbocycles. The van der Waals surface area contributed by atoms with E-state index in [-0.39, 0.29) is 21.6 Å². The van der Waals surface area contributed by atoms with Gasteiger partial charge in [-0.15, -0.1) is 0 Å². The number of nitrogens with one attached hydrogen (secondary N) is 1. The van der Waals surface area contributed by atoms with Crippen molar-refractivity contribution in [2.24, 2.45) is 23.2 Å². The summed E-state index contributed by atoms with van der Waals surface area (Å²) >= 11 is 0. The molecule has 1 aromatic carbocycles. The molecule has 2 unspecified atom stereocenters. The van der Waals surface area contributed by atoms with Gasteiger partial charge in [0.15, 0.2) is 5.78 Å². The van der Waals surface area contributed by atoms with Crippen LogP contribution in [0.3, 0.4) is 0 Å². The van der Waals surface area contributed by atoms with Crippen molar-refractivity contribution in [3.05, 3.63) is 35.4 Å². The molecule has 0 radical (unpaired) electrons. The number of ketones is 1. The lowest BCUT2D eigenvalue weighted by atomic mass is 9.67. The summed E-state index contributed by atoms with van der Waals surface area (Å²) in [7, 11) is -0.445. The first-order valence-corrected chi connectivity index (χ1v) is 12.5. The zero-order valence-electron chi connectivity index (χ0n) is 18.4. The van der Waals surface area contributed by atoms with Crippen molar-refractivity contribution in [1.29, 1.82) is 0 Å². The highest BCUT2D eigenvalue weighted by Gasteiger charge is 2.58. The number of fused-ring (bicyclic) bond motifs is 1. The highest BCUT2D eigenvalue weighted by molar-refractivity contribution is 7.89. The van der Waals surface area contributed by atoms with E-state index in [0.29, 0.717) is 0 Å². The Kier molecular flexibility index (Phi) is 4.34. The normalized spacial score (nSPS) is 35.0. The molecule has 1 aromatic rings. The van der Waals surface area contributed by atoms with Crippen LogP contribution in [0.5, 0.6) is 0 Å². The number of nitrogens with zero attached hydrogens (tertiary/aromatic N) is 1. The molecule has 1 heterocycles. The summed E-state index contributed by atoms with van der Waals surface area (Å²) in [4.78, 5) is 13.8. The minimum absolute atomic E-state index is 0.180. The van der Waals surface area contributed by atoms with Crippen LogP contribution in [0.1, 0.15) is 57.1 Å². The summed E-state index contributed by atoms with van der Waals surface area (Å²) in [5.74, 6) is 2.45. The number of rotatable bonds is 4. The van der Waals surface area contributed by atoms with Gasteiger partial charge in [-0.3, -0.25) is 4.79 Å². The van der Waals surface area contributed by atoms with Crippen LogP contribution in [0.4, 0.5) is 0 Å². The molecule has 5 nitrogen and oxygen atoms in total. The molecule has 1 N–H and O–H groups in total. The molecule has 1 aliphatic heterocycles. The first kappa shape index (κ1) is 20.3. The molecule has 5 aliphatic rings. The van der Waals surface area contributed by atoms with Crippen molar-refractivity contribution in [1.82, 2.24) is 9.62 Å². The minimum Gasteiger partial charge on any atom is -0.379 e. The molecule has 0 amide bonds. The van der Waals surface area contributed by atoms with Gasteiger partial charge in [0.25, 0.3) is 0 Å². The lowest BCUT2D eigenvalue weighted by Gasteiger charge is -2.38. The Hall–Kier alpha value is -1.66. The van der Waals surface area contributed by atoms with E-state index in [1.807, 2.05) is 6.07 Å². The second kappa shape index (κ2) is 6.42. The maximum atomic E-state index is 13.6. The van der Waals surface area contributed by atoms with E-state index >= 15 is 0 Å². The third kappa shape index (κ3) is 3.06. The van der Waals surface area contributed by atoms with Crippen LogP contribution in [-0.4, -0.2) is 38.1 Å². The van der Waals surface area contributed by atoms with Crippen LogP contribution >= 0.6 is 0 Å². The Balaban J connectivity index is 1.55. The minimum atomic E-state index is -3.53. The maximum Gasteiger partial charge on any atom is 0.242 e. The van der Waals surface area contributed by atoms with Gasteiger partial charge in [-0.25, -0.2) is 12.7 Å². The Morgan fingerprint density at radius 3 is 2.40 bits per heavy atom. The number of benzene rings is 1. The summed E-state index contributed by atoms with van der Waals surface area (Å²) < 4.78 is 26.6. The Morgan fingerprint density at radius 1 is 1.13 bits per heavy atom. The summed E-state index contributed by atoms with van der Waals surface area (Å²) in [5, 5.41) is 3.54. The van der Waals surface area contributed by atoms with Crippen LogP contribution in [0.15, 0.2) is 29.2 Å². The molecular formula is C24H32N2O3S. The van der Waals surface area contributed by atoms with Gasteiger partial charge in [0.2, 0.25) is 10.0 Å². The van der Waals surface area contributed by atoms with Gasteiger partial charge in [0.1, 0.15) is 0 Å². The fourth-order valence-electron chi connectivity index (χ4n) is 6.79. The van der Waals surface area contributed by atoms with Crippen molar-refractivity contribution in [3.63, 3.8) is 0 Å². The zero-order valence-corrected chi connectivity index (χ0v) is 19.2. The third-order valence-electron chi connectivity index (χ3n) is 7.98.